The Morgan fingerprint density at radius 2 is 1.97 bits per heavy atom. The van der Waals surface area contributed by atoms with Crippen molar-refractivity contribution in [3.8, 4) is 0 Å². The van der Waals surface area contributed by atoms with Crippen LogP contribution in [0.5, 0.6) is 0 Å². The molecule has 1 unspecified atom stereocenters. The van der Waals surface area contributed by atoms with E-state index in [0.29, 0.717) is 11.3 Å². The molecule has 6 nitrogen and oxygen atoms in total. The largest absolute Gasteiger partial charge is 0.348 e. The van der Waals surface area contributed by atoms with E-state index in [9.17, 15) is 9.59 Å². The maximum Gasteiger partial charge on any atom is 0.291 e. The molecule has 0 fully saturated rings. The number of carbonyl (C=O) groups is 1. The highest BCUT2D eigenvalue weighted by molar-refractivity contribution is 5.87. The molecule has 1 N–H and O–H groups in total. The van der Waals surface area contributed by atoms with Crippen LogP contribution in [0.15, 0.2) is 53.3 Å². The maximum absolute atomic E-state index is 13.1. The van der Waals surface area contributed by atoms with E-state index in [4.69, 9.17) is 0 Å². The zero-order valence-electron chi connectivity index (χ0n) is 17.2. The number of hydrogen-bond acceptors (Lipinski definition) is 3. The Hall–Kier alpha value is -3.41. The van der Waals surface area contributed by atoms with Crippen LogP contribution in [-0.4, -0.2) is 20.1 Å². The lowest BCUT2D eigenvalue weighted by molar-refractivity contribution is -0.122. The third kappa shape index (κ3) is 3.09. The van der Waals surface area contributed by atoms with Gasteiger partial charge in [0.05, 0.1) is 11.6 Å². The minimum absolute atomic E-state index is 0.0122. The summed E-state index contributed by atoms with van der Waals surface area (Å²) in [5.74, 6) is 0.487. The molecule has 6 heteroatoms. The Kier molecular flexibility index (Phi) is 4.42. The van der Waals surface area contributed by atoms with Gasteiger partial charge in [0.2, 0.25) is 5.91 Å². The van der Waals surface area contributed by atoms with Gasteiger partial charge in [-0.1, -0.05) is 35.9 Å². The van der Waals surface area contributed by atoms with Gasteiger partial charge in [-0.15, -0.1) is 0 Å². The molecule has 2 aromatic carbocycles. The van der Waals surface area contributed by atoms with E-state index in [2.05, 4.69) is 28.6 Å². The summed E-state index contributed by atoms with van der Waals surface area (Å²) in [6.07, 6.45) is 2.99. The predicted molar refractivity (Wildman–Crippen MR) is 117 cm³/mol. The number of amides is 1. The standard InChI is InChI=1S/C24H24N4O2/c1-15-10-11-21-18(12-15)13-22-24(30)27(26-16(2)28(21)22)14-23(29)25-20-9-5-7-17-6-3-4-8-19(17)20/h3-4,6,8,10-13,20H,5,7,9,14H2,1-2H3,(H,25,29). The van der Waals surface area contributed by atoms with Crippen LogP contribution in [0.4, 0.5) is 0 Å². The molecule has 1 amide bonds. The second kappa shape index (κ2) is 7.13. The van der Waals surface area contributed by atoms with Gasteiger partial charge in [0.25, 0.3) is 5.56 Å². The first-order valence-corrected chi connectivity index (χ1v) is 10.4. The molecule has 2 aromatic heterocycles. The molecular weight excluding hydrogens is 376 g/mol. The number of fused-ring (bicyclic) bond motifs is 4. The third-order valence-electron chi connectivity index (χ3n) is 6.00. The van der Waals surface area contributed by atoms with Crippen molar-refractivity contribution in [2.45, 2.75) is 45.7 Å². The second-order valence-corrected chi connectivity index (χ2v) is 8.15. The van der Waals surface area contributed by atoms with E-state index in [-0.39, 0.29) is 24.1 Å². The van der Waals surface area contributed by atoms with Crippen LogP contribution in [0, 0.1) is 13.8 Å². The van der Waals surface area contributed by atoms with Crippen LogP contribution in [0.2, 0.25) is 0 Å². The molecule has 1 aliphatic rings. The van der Waals surface area contributed by atoms with Crippen LogP contribution < -0.4 is 10.9 Å². The second-order valence-electron chi connectivity index (χ2n) is 8.15. The zero-order chi connectivity index (χ0) is 20.8. The minimum atomic E-state index is -0.256. The number of aryl methyl sites for hydroxylation is 3. The molecule has 0 radical (unpaired) electrons. The molecule has 152 valence electrons. The number of benzene rings is 2. The Balaban J connectivity index is 1.46. The van der Waals surface area contributed by atoms with E-state index in [0.717, 1.165) is 35.7 Å². The lowest BCUT2D eigenvalue weighted by Crippen LogP contribution is -2.37. The van der Waals surface area contributed by atoms with Gasteiger partial charge in [-0.2, -0.15) is 5.10 Å². The van der Waals surface area contributed by atoms with Crippen molar-refractivity contribution < 1.29 is 4.79 Å². The number of nitrogens with one attached hydrogen (secondary N) is 1. The number of aromatic nitrogens is 3. The molecule has 4 aromatic rings. The molecule has 0 aliphatic heterocycles. The molecule has 30 heavy (non-hydrogen) atoms. The lowest BCUT2D eigenvalue weighted by Gasteiger charge is -2.26. The van der Waals surface area contributed by atoms with Gasteiger partial charge in [0.1, 0.15) is 17.9 Å². The molecule has 1 atom stereocenters. The molecule has 0 saturated carbocycles. The van der Waals surface area contributed by atoms with Gasteiger partial charge >= 0.3 is 0 Å². The van der Waals surface area contributed by atoms with E-state index in [1.54, 1.807) is 0 Å². The van der Waals surface area contributed by atoms with Crippen molar-refractivity contribution in [1.29, 1.82) is 0 Å². The van der Waals surface area contributed by atoms with Crippen LogP contribution in [0.1, 0.15) is 41.4 Å². The smallest absolute Gasteiger partial charge is 0.291 e. The zero-order valence-corrected chi connectivity index (χ0v) is 17.2. The average molecular weight is 400 g/mol. The fraction of sp³-hybridized carbons (Fsp3) is 0.292. The van der Waals surface area contributed by atoms with Gasteiger partial charge in [0.15, 0.2) is 0 Å². The van der Waals surface area contributed by atoms with Gasteiger partial charge < -0.3 is 5.32 Å². The first-order chi connectivity index (χ1) is 14.5. The van der Waals surface area contributed by atoms with Gasteiger partial charge in [-0.3, -0.25) is 14.0 Å². The first-order valence-electron chi connectivity index (χ1n) is 10.4. The van der Waals surface area contributed by atoms with Crippen molar-refractivity contribution in [1.82, 2.24) is 19.5 Å². The molecule has 2 heterocycles. The van der Waals surface area contributed by atoms with Gasteiger partial charge in [-0.25, -0.2) is 4.68 Å². The molecular formula is C24H24N4O2. The lowest BCUT2D eigenvalue weighted by atomic mass is 9.88. The van der Waals surface area contributed by atoms with Crippen molar-refractivity contribution in [3.05, 3.63) is 81.4 Å². The van der Waals surface area contributed by atoms with E-state index in [1.807, 2.05) is 48.6 Å². The monoisotopic (exact) mass is 400 g/mol. The topological polar surface area (TPSA) is 68.4 Å². The Morgan fingerprint density at radius 1 is 1.13 bits per heavy atom. The quantitative estimate of drug-likeness (QED) is 0.573. The summed E-state index contributed by atoms with van der Waals surface area (Å²) in [4.78, 5) is 25.9. The predicted octanol–water partition coefficient (Wildman–Crippen LogP) is 3.46. The molecule has 0 spiro atoms. The molecule has 1 aliphatic carbocycles. The van der Waals surface area contributed by atoms with Gasteiger partial charge in [-0.05, 0) is 62.4 Å². The third-order valence-corrected chi connectivity index (χ3v) is 6.00. The molecule has 0 saturated heterocycles. The first kappa shape index (κ1) is 18.6. The van der Waals surface area contributed by atoms with Crippen LogP contribution in [0.25, 0.3) is 16.4 Å². The minimum Gasteiger partial charge on any atom is -0.348 e. The van der Waals surface area contributed by atoms with E-state index >= 15 is 0 Å². The van der Waals surface area contributed by atoms with Crippen molar-refractivity contribution in [3.63, 3.8) is 0 Å². The number of hydrogen-bond donors (Lipinski definition) is 1. The Morgan fingerprint density at radius 3 is 2.83 bits per heavy atom. The van der Waals surface area contributed by atoms with E-state index < -0.39 is 0 Å². The normalized spacial score (nSPS) is 16.0. The van der Waals surface area contributed by atoms with Crippen molar-refractivity contribution in [2.24, 2.45) is 0 Å². The molecule has 5 rings (SSSR count). The maximum atomic E-state index is 13.1. The van der Waals surface area contributed by atoms with Crippen molar-refractivity contribution >= 4 is 22.3 Å². The number of carbonyl (C=O) groups excluding carboxylic acids is 1. The van der Waals surface area contributed by atoms with Gasteiger partial charge in [0, 0.05) is 5.39 Å². The highest BCUT2D eigenvalue weighted by Crippen LogP contribution is 2.29. The Labute approximate surface area is 174 Å². The summed E-state index contributed by atoms with van der Waals surface area (Å²) in [7, 11) is 0. The summed E-state index contributed by atoms with van der Waals surface area (Å²) >= 11 is 0. The van der Waals surface area contributed by atoms with Crippen LogP contribution in [-0.2, 0) is 17.8 Å². The summed E-state index contributed by atoms with van der Waals surface area (Å²) in [6, 6.07) is 16.2. The van der Waals surface area contributed by atoms with Crippen molar-refractivity contribution in [2.75, 3.05) is 0 Å². The summed E-state index contributed by atoms with van der Waals surface area (Å²) in [5.41, 5.74) is 4.84. The Bertz CT molecular complexity index is 1350. The summed E-state index contributed by atoms with van der Waals surface area (Å²) in [5, 5.41) is 8.53. The highest BCUT2D eigenvalue weighted by atomic mass is 16.2. The fourth-order valence-electron chi connectivity index (χ4n) is 4.62. The SMILES string of the molecule is Cc1ccc2c(c1)cc1c(=O)n(CC(=O)NC3CCCc4ccccc43)nc(C)n12. The summed E-state index contributed by atoms with van der Waals surface area (Å²) < 4.78 is 3.14. The average Bonchev–Trinajstić information content (AvgIpc) is 3.11. The van der Waals surface area contributed by atoms with Crippen LogP contribution >= 0.6 is 0 Å². The fourth-order valence-corrected chi connectivity index (χ4v) is 4.62. The van der Waals surface area contributed by atoms with Crippen LogP contribution in [0.3, 0.4) is 0 Å². The molecule has 0 bridgehead atoms. The summed E-state index contributed by atoms with van der Waals surface area (Å²) in [6.45, 7) is 3.80. The highest BCUT2D eigenvalue weighted by Gasteiger charge is 2.22. The van der Waals surface area contributed by atoms with E-state index in [1.165, 1.54) is 15.8 Å². The number of nitrogens with zero attached hydrogens (tertiary/aromatic N) is 3. The number of rotatable bonds is 3.